The van der Waals surface area contributed by atoms with Crippen LogP contribution in [0.2, 0.25) is 0 Å². The van der Waals surface area contributed by atoms with E-state index in [0.29, 0.717) is 11.1 Å². The first-order valence-electron chi connectivity index (χ1n) is 7.10. The van der Waals surface area contributed by atoms with Crippen LogP contribution in [0.25, 0.3) is 0 Å². The Balaban J connectivity index is 2.42. The summed E-state index contributed by atoms with van der Waals surface area (Å²) in [7, 11) is 0. The Bertz CT molecular complexity index is 570. The fraction of sp³-hybridized carbons (Fsp3) is 0.294. The fourth-order valence-corrected chi connectivity index (χ4v) is 2.46. The van der Waals surface area contributed by atoms with E-state index < -0.39 is 42.5 Å². The van der Waals surface area contributed by atoms with Gasteiger partial charge in [0.15, 0.2) is 0 Å². The Labute approximate surface area is 132 Å². The molecule has 0 aliphatic heterocycles. The minimum Gasteiger partial charge on any atom is -0.394 e. The molecule has 0 saturated carbocycles. The van der Waals surface area contributed by atoms with Crippen LogP contribution in [0, 0.1) is 11.6 Å². The van der Waals surface area contributed by atoms with Crippen molar-refractivity contribution in [2.75, 3.05) is 6.61 Å². The topological polar surface area (TPSA) is 80.9 Å². The third kappa shape index (κ3) is 4.11. The normalized spacial score (nSPS) is 15.4. The average Bonchev–Trinajstić information content (AvgIpc) is 2.57. The molecule has 0 spiro atoms. The van der Waals surface area contributed by atoms with Crippen LogP contribution in [0.3, 0.4) is 0 Å². The van der Waals surface area contributed by atoms with Gasteiger partial charge in [0.1, 0.15) is 23.8 Å². The van der Waals surface area contributed by atoms with E-state index in [0.717, 1.165) is 0 Å². The van der Waals surface area contributed by atoms with Gasteiger partial charge in [-0.05, 0) is 35.4 Å². The van der Waals surface area contributed by atoms with Crippen LogP contribution in [0.5, 0.6) is 0 Å². The first kappa shape index (κ1) is 17.5. The van der Waals surface area contributed by atoms with Gasteiger partial charge in [-0.1, -0.05) is 24.3 Å². The molecular weight excluding hydrogens is 306 g/mol. The lowest BCUT2D eigenvalue weighted by Gasteiger charge is -2.29. The maximum absolute atomic E-state index is 13.1. The molecule has 2 rings (SSSR count). The molecule has 0 saturated heterocycles. The molecule has 0 radical (unpaired) electrons. The van der Waals surface area contributed by atoms with Crippen LogP contribution in [0.1, 0.15) is 17.0 Å². The minimum atomic E-state index is -1.62. The van der Waals surface area contributed by atoms with Gasteiger partial charge in [0.05, 0.1) is 12.7 Å². The molecule has 0 aliphatic carbocycles. The summed E-state index contributed by atoms with van der Waals surface area (Å²) in [6.07, 6.45) is -4.64. The SMILES string of the molecule is OC[C@@H](O)[C@H](O)[C@H](O)C(c1ccc(F)cc1)c1ccc(F)cc1. The standard InChI is InChI=1S/C17H18F2O4/c18-12-5-1-10(2-6-12)15(11-3-7-13(19)8-4-11)17(23)16(22)14(21)9-20/h1-8,14-17,20-23H,9H2/t14-,16+,17-/m1/s1. The van der Waals surface area contributed by atoms with Gasteiger partial charge in [0.25, 0.3) is 0 Å². The lowest BCUT2D eigenvalue weighted by atomic mass is 9.83. The molecule has 6 heteroatoms. The zero-order chi connectivity index (χ0) is 17.0. The van der Waals surface area contributed by atoms with E-state index in [-0.39, 0.29) is 0 Å². The van der Waals surface area contributed by atoms with E-state index in [1.54, 1.807) is 0 Å². The summed E-state index contributed by atoms with van der Waals surface area (Å²) in [6, 6.07) is 10.5. The van der Waals surface area contributed by atoms with Crippen LogP contribution < -0.4 is 0 Å². The number of halogens is 2. The largest absolute Gasteiger partial charge is 0.394 e. The van der Waals surface area contributed by atoms with Gasteiger partial charge >= 0.3 is 0 Å². The molecule has 0 aliphatic rings. The quantitative estimate of drug-likeness (QED) is 0.643. The summed E-state index contributed by atoms with van der Waals surface area (Å²) in [5.74, 6) is -1.75. The van der Waals surface area contributed by atoms with E-state index in [4.69, 9.17) is 5.11 Å². The summed E-state index contributed by atoms with van der Waals surface area (Å²) < 4.78 is 26.2. The van der Waals surface area contributed by atoms with Crippen molar-refractivity contribution < 1.29 is 29.2 Å². The predicted octanol–water partition coefficient (Wildman–Crippen LogP) is 1.17. The highest BCUT2D eigenvalue weighted by molar-refractivity contribution is 5.34. The second kappa shape index (κ2) is 7.61. The highest BCUT2D eigenvalue weighted by Crippen LogP contribution is 2.31. The van der Waals surface area contributed by atoms with Gasteiger partial charge < -0.3 is 20.4 Å². The smallest absolute Gasteiger partial charge is 0.123 e. The third-order valence-corrected chi connectivity index (χ3v) is 3.73. The van der Waals surface area contributed by atoms with Crippen LogP contribution in [-0.2, 0) is 0 Å². The maximum atomic E-state index is 13.1. The summed E-state index contributed by atoms with van der Waals surface area (Å²) in [6.45, 7) is -0.724. The van der Waals surface area contributed by atoms with E-state index in [1.165, 1.54) is 48.5 Å². The Morgan fingerprint density at radius 3 is 1.43 bits per heavy atom. The van der Waals surface area contributed by atoms with Crippen molar-refractivity contribution in [1.29, 1.82) is 0 Å². The summed E-state index contributed by atoms with van der Waals surface area (Å²) in [4.78, 5) is 0. The molecule has 0 bridgehead atoms. The lowest BCUT2D eigenvalue weighted by molar-refractivity contribution is -0.0806. The second-order valence-electron chi connectivity index (χ2n) is 5.31. The van der Waals surface area contributed by atoms with Gasteiger partial charge in [-0.2, -0.15) is 0 Å². The van der Waals surface area contributed by atoms with Crippen molar-refractivity contribution >= 4 is 0 Å². The summed E-state index contributed by atoms with van der Waals surface area (Å²) >= 11 is 0. The van der Waals surface area contributed by atoms with E-state index in [9.17, 15) is 24.1 Å². The molecular formula is C17H18F2O4. The van der Waals surface area contributed by atoms with Crippen molar-refractivity contribution in [2.45, 2.75) is 24.2 Å². The molecule has 2 aromatic carbocycles. The molecule has 4 N–H and O–H groups in total. The van der Waals surface area contributed by atoms with Crippen molar-refractivity contribution in [3.8, 4) is 0 Å². The molecule has 0 unspecified atom stereocenters. The Morgan fingerprint density at radius 2 is 1.09 bits per heavy atom. The van der Waals surface area contributed by atoms with Crippen molar-refractivity contribution in [2.24, 2.45) is 0 Å². The van der Waals surface area contributed by atoms with Crippen molar-refractivity contribution in [3.05, 3.63) is 71.3 Å². The minimum absolute atomic E-state index is 0.461. The number of rotatable bonds is 6. The number of hydrogen-bond donors (Lipinski definition) is 4. The molecule has 2 aromatic rings. The lowest BCUT2D eigenvalue weighted by Crippen LogP contribution is -2.43. The second-order valence-corrected chi connectivity index (χ2v) is 5.31. The van der Waals surface area contributed by atoms with Gasteiger partial charge in [-0.25, -0.2) is 8.78 Å². The average molecular weight is 324 g/mol. The molecule has 0 fully saturated rings. The molecule has 0 amide bonds. The number of hydrogen-bond acceptors (Lipinski definition) is 4. The van der Waals surface area contributed by atoms with E-state index >= 15 is 0 Å². The summed E-state index contributed by atoms with van der Waals surface area (Å²) in [5, 5.41) is 38.9. The van der Waals surface area contributed by atoms with E-state index in [1.807, 2.05) is 0 Å². The summed E-state index contributed by atoms with van der Waals surface area (Å²) in [5.41, 5.74) is 0.962. The van der Waals surface area contributed by atoms with Crippen LogP contribution in [0.15, 0.2) is 48.5 Å². The fourth-order valence-electron chi connectivity index (χ4n) is 2.46. The zero-order valence-electron chi connectivity index (χ0n) is 12.2. The molecule has 0 heterocycles. The Kier molecular flexibility index (Phi) is 5.79. The molecule has 3 atom stereocenters. The van der Waals surface area contributed by atoms with Crippen molar-refractivity contribution in [3.63, 3.8) is 0 Å². The molecule has 23 heavy (non-hydrogen) atoms. The predicted molar refractivity (Wildman–Crippen MR) is 79.7 cm³/mol. The van der Waals surface area contributed by atoms with E-state index in [2.05, 4.69) is 0 Å². The van der Waals surface area contributed by atoms with Gasteiger partial charge in [0, 0.05) is 5.92 Å². The van der Waals surface area contributed by atoms with Crippen LogP contribution in [0.4, 0.5) is 8.78 Å². The van der Waals surface area contributed by atoms with Crippen LogP contribution in [-0.4, -0.2) is 45.3 Å². The third-order valence-electron chi connectivity index (χ3n) is 3.73. The molecule has 124 valence electrons. The first-order valence-corrected chi connectivity index (χ1v) is 7.10. The number of aliphatic hydroxyl groups is 4. The van der Waals surface area contributed by atoms with Crippen molar-refractivity contribution in [1.82, 2.24) is 0 Å². The Hall–Kier alpha value is -1.86. The van der Waals surface area contributed by atoms with Gasteiger partial charge in [0.2, 0.25) is 0 Å². The monoisotopic (exact) mass is 324 g/mol. The van der Waals surface area contributed by atoms with Crippen LogP contribution >= 0.6 is 0 Å². The number of benzene rings is 2. The highest BCUT2D eigenvalue weighted by atomic mass is 19.1. The maximum Gasteiger partial charge on any atom is 0.123 e. The molecule has 0 aromatic heterocycles. The first-order chi connectivity index (χ1) is 10.9. The highest BCUT2D eigenvalue weighted by Gasteiger charge is 2.33. The van der Waals surface area contributed by atoms with Gasteiger partial charge in [-0.3, -0.25) is 0 Å². The Morgan fingerprint density at radius 1 is 0.696 bits per heavy atom. The number of aliphatic hydroxyl groups excluding tert-OH is 4. The molecule has 4 nitrogen and oxygen atoms in total. The zero-order valence-corrected chi connectivity index (χ0v) is 12.2. The van der Waals surface area contributed by atoms with Gasteiger partial charge in [-0.15, -0.1) is 0 Å².